The second kappa shape index (κ2) is 5.17. The molecule has 1 heterocycles. The Morgan fingerprint density at radius 2 is 2.00 bits per heavy atom. The van der Waals surface area contributed by atoms with Crippen molar-refractivity contribution < 1.29 is 24.3 Å². The molecule has 2 unspecified atom stereocenters. The lowest BCUT2D eigenvalue weighted by molar-refractivity contribution is -0.940. The maximum atomic E-state index is 12.5. The summed E-state index contributed by atoms with van der Waals surface area (Å²) in [5.74, 6) is 0.0358. The number of nitrogens with zero attached hydrogens (tertiary/aromatic N) is 1. The summed E-state index contributed by atoms with van der Waals surface area (Å²) in [6.07, 6.45) is 8.59. The van der Waals surface area contributed by atoms with Crippen molar-refractivity contribution >= 4 is 11.6 Å². The van der Waals surface area contributed by atoms with Gasteiger partial charge in [0, 0.05) is 35.7 Å². The van der Waals surface area contributed by atoms with Gasteiger partial charge in [-0.3, -0.25) is 9.59 Å². The summed E-state index contributed by atoms with van der Waals surface area (Å²) in [7, 11) is 2.30. The van der Waals surface area contributed by atoms with Gasteiger partial charge in [0.2, 0.25) is 5.78 Å². The molecule has 0 aromatic heterocycles. The molecule has 1 aliphatic heterocycles. The largest absolute Gasteiger partial charge is 0.504 e. The zero-order chi connectivity index (χ0) is 18.3. The number of likely N-dealkylation sites (N-methyl/N-ethyl adjacent to an activating group) is 1. The number of likely N-dealkylation sites (tertiary alicyclic amines) is 1. The number of hydrogen-bond donors (Lipinski definition) is 2. The monoisotopic (exact) mass is 356 g/mol. The highest BCUT2D eigenvalue weighted by molar-refractivity contribution is 6.06. The molecule has 5 atom stereocenters. The summed E-state index contributed by atoms with van der Waals surface area (Å²) in [4.78, 5) is 24.6. The Bertz CT molecular complexity index is 805. The van der Waals surface area contributed by atoms with E-state index in [9.17, 15) is 19.8 Å². The van der Waals surface area contributed by atoms with Crippen molar-refractivity contribution in [1.82, 2.24) is 0 Å². The quantitative estimate of drug-likeness (QED) is 0.741. The zero-order valence-electron chi connectivity index (χ0n) is 15.1. The number of hydrogen-bond acceptors (Lipinski definition) is 4. The number of carbonyl (C=O) groups excluding carboxylic acids is 2. The molecule has 0 amide bonds. The van der Waals surface area contributed by atoms with E-state index in [0.717, 1.165) is 35.5 Å². The first-order chi connectivity index (χ1) is 12.4. The van der Waals surface area contributed by atoms with Gasteiger partial charge in [-0.05, 0) is 37.0 Å². The van der Waals surface area contributed by atoms with Crippen molar-refractivity contribution in [3.63, 3.8) is 0 Å². The minimum absolute atomic E-state index is 0.0906. The molecule has 2 saturated carbocycles. The molecule has 2 N–H and O–H groups in total. The predicted octanol–water partition coefficient (Wildman–Crippen LogP) is 1.83. The highest BCUT2D eigenvalue weighted by Gasteiger charge is 2.65. The number of aliphatic hydroxyl groups is 2. The van der Waals surface area contributed by atoms with E-state index in [0.29, 0.717) is 18.4 Å². The Morgan fingerprint density at radius 3 is 2.73 bits per heavy atom. The van der Waals surface area contributed by atoms with Gasteiger partial charge in [-0.1, -0.05) is 6.08 Å². The molecule has 138 valence electrons. The van der Waals surface area contributed by atoms with Crippen LogP contribution in [0, 0.1) is 17.3 Å². The van der Waals surface area contributed by atoms with Crippen LogP contribution in [0.25, 0.3) is 0 Å². The first kappa shape index (κ1) is 16.5. The van der Waals surface area contributed by atoms with Crippen molar-refractivity contribution in [2.45, 2.75) is 44.2 Å². The Kier molecular flexibility index (Phi) is 3.27. The van der Waals surface area contributed by atoms with E-state index in [2.05, 4.69) is 13.1 Å². The summed E-state index contributed by atoms with van der Waals surface area (Å²) in [6, 6.07) is 0.219. The Morgan fingerprint density at radius 1 is 1.23 bits per heavy atom. The van der Waals surface area contributed by atoms with E-state index in [1.54, 1.807) is 6.08 Å². The molecular formula is C21H26NO4+. The average molecular weight is 356 g/mol. The van der Waals surface area contributed by atoms with Crippen LogP contribution in [0.4, 0.5) is 0 Å². The fourth-order valence-corrected chi connectivity index (χ4v) is 6.25. The molecule has 26 heavy (non-hydrogen) atoms. The van der Waals surface area contributed by atoms with Gasteiger partial charge in [-0.25, -0.2) is 0 Å². The maximum Gasteiger partial charge on any atom is 0.220 e. The lowest BCUT2D eigenvalue weighted by Crippen LogP contribution is -2.70. The van der Waals surface area contributed by atoms with Crippen LogP contribution in [0.3, 0.4) is 0 Å². The third-order valence-corrected chi connectivity index (χ3v) is 7.69. The van der Waals surface area contributed by atoms with Crippen LogP contribution in [-0.2, 0) is 9.59 Å². The van der Waals surface area contributed by atoms with Gasteiger partial charge in [0.1, 0.15) is 12.1 Å². The first-order valence-corrected chi connectivity index (χ1v) is 9.80. The third-order valence-electron chi connectivity index (χ3n) is 7.69. The second-order valence-electron chi connectivity index (χ2n) is 9.17. The van der Waals surface area contributed by atoms with Gasteiger partial charge in [-0.15, -0.1) is 0 Å². The molecule has 0 radical (unpaired) electrons. The molecule has 2 bridgehead atoms. The van der Waals surface area contributed by atoms with Crippen LogP contribution in [0.15, 0.2) is 35.1 Å². The summed E-state index contributed by atoms with van der Waals surface area (Å²) in [6.45, 7) is 2.00. The molecule has 1 saturated heterocycles. The third kappa shape index (κ3) is 1.99. The lowest BCUT2D eigenvalue weighted by atomic mass is 9.50. The van der Waals surface area contributed by atoms with Crippen LogP contribution in [-0.4, -0.2) is 58.5 Å². The van der Waals surface area contributed by atoms with Gasteiger partial charge >= 0.3 is 0 Å². The first-order valence-electron chi connectivity index (χ1n) is 9.80. The highest BCUT2D eigenvalue weighted by Crippen LogP contribution is 2.61. The number of quaternary nitrogens is 1. The van der Waals surface area contributed by atoms with E-state index < -0.39 is 17.3 Å². The minimum atomic E-state index is -1.13. The van der Waals surface area contributed by atoms with E-state index >= 15 is 0 Å². The van der Waals surface area contributed by atoms with Crippen LogP contribution >= 0.6 is 0 Å². The molecular weight excluding hydrogens is 330 g/mol. The normalized spacial score (nSPS) is 44.5. The Hall–Kier alpha value is -1.72. The smallest absolute Gasteiger partial charge is 0.220 e. The fourth-order valence-electron chi connectivity index (χ4n) is 6.25. The highest BCUT2D eigenvalue weighted by atomic mass is 16.3. The standard InChI is InChI=1S/C21H25NO4/c1-22(11-12-2-3-12)9-8-21-14(5-7-17(24)20(21)26)15(22)10-13-4-6-16(23)19(25)18(13)21/h4,6,10,12,14-15,20,26H,2-3,5,7-9,11H2,1H3/p+1/t14?,15-,20+,21+,22?/m1/s1. The summed E-state index contributed by atoms with van der Waals surface area (Å²) in [5, 5.41) is 21.6. The van der Waals surface area contributed by atoms with Crippen molar-refractivity contribution in [2.75, 3.05) is 20.1 Å². The van der Waals surface area contributed by atoms with Crippen molar-refractivity contribution in [2.24, 2.45) is 17.3 Å². The minimum Gasteiger partial charge on any atom is -0.504 e. The number of fused-ring (bicyclic) bond motifs is 1. The second-order valence-corrected chi connectivity index (χ2v) is 9.17. The molecule has 0 spiro atoms. The van der Waals surface area contributed by atoms with Crippen molar-refractivity contribution in [1.29, 1.82) is 0 Å². The van der Waals surface area contributed by atoms with Gasteiger partial charge in [-0.2, -0.15) is 0 Å². The van der Waals surface area contributed by atoms with E-state index in [4.69, 9.17) is 0 Å². The van der Waals surface area contributed by atoms with Crippen LogP contribution in [0.2, 0.25) is 0 Å². The average Bonchev–Trinajstić information content (AvgIpc) is 3.42. The lowest BCUT2D eigenvalue weighted by Gasteiger charge is -2.61. The Balaban J connectivity index is 1.71. The molecule has 0 aromatic carbocycles. The molecule has 5 heteroatoms. The van der Waals surface area contributed by atoms with Crippen LogP contribution in [0.5, 0.6) is 0 Å². The SMILES string of the molecule is C[N+]1(CC2CC2)CC[C@@]23C4=C(O)C(=O)C=CC4=C[C@@H]1C2CCC(=O)[C@@H]3O. The molecule has 5 aliphatic rings. The van der Waals surface area contributed by atoms with Crippen LogP contribution in [0.1, 0.15) is 32.1 Å². The number of allylic oxidation sites excluding steroid dienone is 3. The van der Waals surface area contributed by atoms with Gasteiger partial charge in [0.05, 0.1) is 20.1 Å². The van der Waals surface area contributed by atoms with Gasteiger partial charge in [0.15, 0.2) is 11.5 Å². The summed E-state index contributed by atoms with van der Waals surface area (Å²) in [5.41, 5.74) is 0.553. The number of Topliss-reactive ketones (excluding diaryl/α,β-unsaturated/α-hetero) is 1. The molecule has 3 fully saturated rings. The number of ketones is 2. The summed E-state index contributed by atoms with van der Waals surface area (Å²) >= 11 is 0. The molecule has 5 nitrogen and oxygen atoms in total. The van der Waals surface area contributed by atoms with Crippen molar-refractivity contribution in [3.05, 3.63) is 35.1 Å². The van der Waals surface area contributed by atoms with E-state index in [1.807, 2.05) is 0 Å². The van der Waals surface area contributed by atoms with Gasteiger partial charge < -0.3 is 14.7 Å². The fraction of sp³-hybridized carbons (Fsp3) is 0.619. The van der Waals surface area contributed by atoms with Crippen molar-refractivity contribution in [3.8, 4) is 0 Å². The maximum absolute atomic E-state index is 12.5. The van der Waals surface area contributed by atoms with E-state index in [-0.39, 0.29) is 23.5 Å². The van der Waals surface area contributed by atoms with Gasteiger partial charge in [0.25, 0.3) is 0 Å². The zero-order valence-corrected chi connectivity index (χ0v) is 15.1. The topological polar surface area (TPSA) is 74.6 Å². The number of aliphatic hydroxyl groups excluding tert-OH is 2. The van der Waals surface area contributed by atoms with Crippen LogP contribution < -0.4 is 0 Å². The predicted molar refractivity (Wildman–Crippen MR) is 95.1 cm³/mol. The Labute approximate surface area is 153 Å². The number of carbonyl (C=O) groups is 2. The van der Waals surface area contributed by atoms with E-state index in [1.165, 1.54) is 18.9 Å². The number of rotatable bonds is 2. The molecule has 5 rings (SSSR count). The molecule has 0 aromatic rings. The summed E-state index contributed by atoms with van der Waals surface area (Å²) < 4.78 is 0.942. The number of piperidine rings is 1. The molecule has 4 aliphatic carbocycles.